The highest BCUT2D eigenvalue weighted by molar-refractivity contribution is 9.10. The minimum absolute atomic E-state index is 0.156. The molecular weight excluding hydrogens is 307 g/mol. The summed E-state index contributed by atoms with van der Waals surface area (Å²) in [6, 6.07) is 3.15. The van der Waals surface area contributed by atoms with Crippen LogP contribution >= 0.6 is 15.9 Å². The lowest BCUT2D eigenvalue weighted by atomic mass is 10.1. The number of nitrogens with zero attached hydrogens (tertiary/aromatic N) is 1. The molecule has 0 bridgehead atoms. The SMILES string of the molecule is N#Cc1cc(Br)c(OC(F)(F)F)cc1C(=O)O. The summed E-state index contributed by atoms with van der Waals surface area (Å²) < 4.78 is 39.4. The van der Waals surface area contributed by atoms with Crippen LogP contribution in [0.15, 0.2) is 16.6 Å². The van der Waals surface area contributed by atoms with Gasteiger partial charge in [0.1, 0.15) is 11.8 Å². The van der Waals surface area contributed by atoms with E-state index >= 15 is 0 Å². The fourth-order valence-electron chi connectivity index (χ4n) is 1.03. The molecule has 0 heterocycles. The summed E-state index contributed by atoms with van der Waals surface area (Å²) >= 11 is 2.75. The molecule has 0 radical (unpaired) electrons. The van der Waals surface area contributed by atoms with E-state index in [1.165, 1.54) is 0 Å². The average molecular weight is 310 g/mol. The highest BCUT2D eigenvalue weighted by Gasteiger charge is 2.32. The zero-order chi connectivity index (χ0) is 13.2. The standard InChI is InChI=1S/C9H3BrF3NO3/c10-6-1-4(3-14)5(8(15)16)2-7(6)17-9(11,12)13/h1-2H,(H,15,16). The Morgan fingerprint density at radius 3 is 2.47 bits per heavy atom. The number of carbonyl (C=O) groups is 1. The summed E-state index contributed by atoms with van der Waals surface area (Å²) in [6.45, 7) is 0. The van der Waals surface area contributed by atoms with Gasteiger partial charge in [-0.2, -0.15) is 5.26 Å². The lowest BCUT2D eigenvalue weighted by molar-refractivity contribution is -0.274. The van der Waals surface area contributed by atoms with E-state index in [1.807, 2.05) is 0 Å². The van der Waals surface area contributed by atoms with E-state index in [0.717, 1.165) is 6.07 Å². The number of benzene rings is 1. The van der Waals surface area contributed by atoms with Crippen molar-refractivity contribution < 1.29 is 27.8 Å². The molecule has 0 aliphatic carbocycles. The maximum atomic E-state index is 12.0. The minimum Gasteiger partial charge on any atom is -0.478 e. The Balaban J connectivity index is 3.31. The van der Waals surface area contributed by atoms with Gasteiger partial charge in [0, 0.05) is 0 Å². The Morgan fingerprint density at radius 1 is 1.47 bits per heavy atom. The molecule has 90 valence electrons. The average Bonchev–Trinajstić information content (AvgIpc) is 2.18. The maximum Gasteiger partial charge on any atom is 0.573 e. The summed E-state index contributed by atoms with van der Waals surface area (Å²) in [4.78, 5) is 10.7. The van der Waals surface area contributed by atoms with E-state index in [9.17, 15) is 18.0 Å². The fraction of sp³-hybridized carbons (Fsp3) is 0.111. The Kier molecular flexibility index (Phi) is 3.63. The molecule has 1 rings (SSSR count). The zero-order valence-corrected chi connectivity index (χ0v) is 9.46. The van der Waals surface area contributed by atoms with Crippen molar-refractivity contribution in [2.45, 2.75) is 6.36 Å². The molecule has 1 aromatic carbocycles. The molecule has 0 saturated carbocycles. The molecule has 0 unspecified atom stereocenters. The molecule has 0 aliphatic heterocycles. The zero-order valence-electron chi connectivity index (χ0n) is 7.88. The van der Waals surface area contributed by atoms with E-state index < -0.39 is 23.6 Å². The van der Waals surface area contributed by atoms with E-state index in [4.69, 9.17) is 10.4 Å². The number of ether oxygens (including phenoxy) is 1. The van der Waals surface area contributed by atoms with Crippen molar-refractivity contribution >= 4 is 21.9 Å². The number of hydrogen-bond donors (Lipinski definition) is 1. The Labute approximate surface area is 101 Å². The topological polar surface area (TPSA) is 70.3 Å². The van der Waals surface area contributed by atoms with Gasteiger partial charge in [-0.3, -0.25) is 0 Å². The van der Waals surface area contributed by atoms with E-state index in [0.29, 0.717) is 6.07 Å². The van der Waals surface area contributed by atoms with Crippen LogP contribution in [0.3, 0.4) is 0 Å². The normalized spacial score (nSPS) is 10.8. The Hall–Kier alpha value is -1.75. The third-order valence-electron chi connectivity index (χ3n) is 1.65. The van der Waals surface area contributed by atoms with Crippen LogP contribution in [0.2, 0.25) is 0 Å². The second-order valence-electron chi connectivity index (χ2n) is 2.79. The molecular formula is C9H3BrF3NO3. The molecule has 0 amide bonds. The van der Waals surface area contributed by atoms with Crippen LogP contribution in [-0.4, -0.2) is 17.4 Å². The van der Waals surface area contributed by atoms with Gasteiger partial charge in [-0.05, 0) is 28.1 Å². The maximum absolute atomic E-state index is 12.0. The molecule has 1 aromatic rings. The molecule has 8 heteroatoms. The number of carboxylic acid groups (broad SMARTS) is 1. The van der Waals surface area contributed by atoms with Crippen molar-refractivity contribution in [1.82, 2.24) is 0 Å². The second kappa shape index (κ2) is 4.63. The van der Waals surface area contributed by atoms with Crippen LogP contribution in [0.5, 0.6) is 5.75 Å². The minimum atomic E-state index is -4.94. The summed E-state index contributed by atoms with van der Waals surface area (Å²) in [5.74, 6) is -2.23. The summed E-state index contributed by atoms with van der Waals surface area (Å²) in [7, 11) is 0. The molecule has 0 spiro atoms. The fourth-order valence-corrected chi connectivity index (χ4v) is 1.45. The van der Waals surface area contributed by atoms with Crippen LogP contribution in [-0.2, 0) is 0 Å². The summed E-state index contributed by atoms with van der Waals surface area (Å²) in [5, 5.41) is 17.3. The van der Waals surface area contributed by atoms with E-state index in [1.54, 1.807) is 6.07 Å². The highest BCUT2D eigenvalue weighted by Crippen LogP contribution is 2.32. The lowest BCUT2D eigenvalue weighted by Crippen LogP contribution is -2.18. The van der Waals surface area contributed by atoms with Gasteiger partial charge in [0.2, 0.25) is 0 Å². The van der Waals surface area contributed by atoms with Crippen LogP contribution in [0, 0.1) is 11.3 Å². The van der Waals surface area contributed by atoms with Crippen LogP contribution in [0.4, 0.5) is 13.2 Å². The van der Waals surface area contributed by atoms with Crippen molar-refractivity contribution in [3.05, 3.63) is 27.7 Å². The third kappa shape index (κ3) is 3.35. The van der Waals surface area contributed by atoms with Crippen molar-refractivity contribution in [2.75, 3.05) is 0 Å². The first-order valence-corrected chi connectivity index (χ1v) is 4.76. The molecule has 0 saturated heterocycles. The molecule has 1 N–H and O–H groups in total. The Morgan fingerprint density at radius 2 is 2.06 bits per heavy atom. The van der Waals surface area contributed by atoms with Crippen molar-refractivity contribution in [1.29, 1.82) is 5.26 Å². The van der Waals surface area contributed by atoms with Crippen molar-refractivity contribution in [3.8, 4) is 11.8 Å². The van der Waals surface area contributed by atoms with Gasteiger partial charge < -0.3 is 9.84 Å². The molecule has 17 heavy (non-hydrogen) atoms. The smallest absolute Gasteiger partial charge is 0.478 e. The Bertz CT molecular complexity index is 507. The van der Waals surface area contributed by atoms with Crippen LogP contribution < -0.4 is 4.74 Å². The first-order valence-electron chi connectivity index (χ1n) is 3.97. The molecule has 0 aliphatic rings. The third-order valence-corrected chi connectivity index (χ3v) is 2.27. The van der Waals surface area contributed by atoms with Gasteiger partial charge in [-0.15, -0.1) is 13.2 Å². The number of alkyl halides is 3. The molecule has 4 nitrogen and oxygen atoms in total. The number of hydrogen-bond acceptors (Lipinski definition) is 3. The monoisotopic (exact) mass is 309 g/mol. The van der Waals surface area contributed by atoms with Crippen molar-refractivity contribution in [3.63, 3.8) is 0 Å². The number of halogens is 4. The number of nitriles is 1. The highest BCUT2D eigenvalue weighted by atomic mass is 79.9. The van der Waals surface area contributed by atoms with Gasteiger partial charge >= 0.3 is 12.3 Å². The van der Waals surface area contributed by atoms with Gasteiger partial charge in [0.15, 0.2) is 0 Å². The number of rotatable bonds is 2. The van der Waals surface area contributed by atoms with Gasteiger partial charge in [0.05, 0.1) is 15.6 Å². The van der Waals surface area contributed by atoms with Gasteiger partial charge in [-0.25, -0.2) is 4.79 Å². The van der Waals surface area contributed by atoms with Crippen LogP contribution in [0.1, 0.15) is 15.9 Å². The van der Waals surface area contributed by atoms with Gasteiger partial charge in [-0.1, -0.05) is 0 Å². The number of aromatic carboxylic acids is 1. The van der Waals surface area contributed by atoms with Crippen LogP contribution in [0.25, 0.3) is 0 Å². The largest absolute Gasteiger partial charge is 0.573 e. The molecule has 0 atom stereocenters. The van der Waals surface area contributed by atoms with E-state index in [-0.39, 0.29) is 10.0 Å². The first kappa shape index (κ1) is 13.3. The lowest BCUT2D eigenvalue weighted by Gasteiger charge is -2.11. The van der Waals surface area contributed by atoms with Gasteiger partial charge in [0.25, 0.3) is 0 Å². The predicted molar refractivity (Wildman–Crippen MR) is 52.5 cm³/mol. The first-order chi connectivity index (χ1) is 7.74. The predicted octanol–water partition coefficient (Wildman–Crippen LogP) is 2.92. The van der Waals surface area contributed by atoms with E-state index in [2.05, 4.69) is 20.7 Å². The summed E-state index contributed by atoms with van der Waals surface area (Å²) in [6.07, 6.45) is -4.94. The quantitative estimate of drug-likeness (QED) is 0.912. The second-order valence-corrected chi connectivity index (χ2v) is 3.65. The molecule has 0 aromatic heterocycles. The molecule has 0 fully saturated rings. The number of carboxylic acids is 1. The summed E-state index contributed by atoms with van der Waals surface area (Å²) in [5.41, 5.74) is -0.825. The van der Waals surface area contributed by atoms with Crippen molar-refractivity contribution in [2.24, 2.45) is 0 Å².